The molecule has 0 bridgehead atoms. The van der Waals surface area contributed by atoms with E-state index in [1.54, 1.807) is 38.2 Å². The molecule has 0 aliphatic heterocycles. The highest BCUT2D eigenvalue weighted by Crippen LogP contribution is 2.33. The minimum absolute atomic E-state index is 0.656. The maximum Gasteiger partial charge on any atom is 0.162 e. The van der Waals surface area contributed by atoms with Gasteiger partial charge in [-0.05, 0) is 42.7 Å². The topological polar surface area (TPSA) is 81.2 Å². The van der Waals surface area contributed by atoms with Gasteiger partial charge in [0.2, 0.25) is 0 Å². The van der Waals surface area contributed by atoms with Gasteiger partial charge < -0.3 is 15.2 Å². The first-order chi connectivity index (χ1) is 12.1. The molecule has 1 heterocycles. The molecule has 0 radical (unpaired) electrons. The van der Waals surface area contributed by atoms with Gasteiger partial charge in [-0.2, -0.15) is 5.26 Å². The molecule has 25 heavy (non-hydrogen) atoms. The van der Waals surface area contributed by atoms with Crippen molar-refractivity contribution in [3.8, 4) is 17.6 Å². The van der Waals surface area contributed by atoms with E-state index in [1.807, 2.05) is 42.7 Å². The van der Waals surface area contributed by atoms with Crippen LogP contribution in [-0.2, 0) is 0 Å². The van der Waals surface area contributed by atoms with Crippen molar-refractivity contribution in [3.05, 3.63) is 54.2 Å². The molecular formula is C19H19N3O2S. The van der Waals surface area contributed by atoms with Crippen LogP contribution >= 0.6 is 11.8 Å². The van der Waals surface area contributed by atoms with Gasteiger partial charge in [0.25, 0.3) is 0 Å². The highest BCUT2D eigenvalue weighted by molar-refractivity contribution is 7.98. The molecule has 3 aromatic rings. The summed E-state index contributed by atoms with van der Waals surface area (Å²) in [5, 5.41) is 9.31. The zero-order valence-corrected chi connectivity index (χ0v) is 15.1. The molecule has 128 valence electrons. The number of anilines is 1. The molecule has 0 aliphatic carbocycles. The number of nitrogen functional groups attached to an aromatic ring is 1. The van der Waals surface area contributed by atoms with Crippen LogP contribution in [0.3, 0.4) is 0 Å². The fraction of sp³-hybridized carbons (Fsp3) is 0.158. The molecular weight excluding hydrogens is 334 g/mol. The fourth-order valence-electron chi connectivity index (χ4n) is 2.16. The van der Waals surface area contributed by atoms with Crippen LogP contribution in [0, 0.1) is 11.3 Å². The smallest absolute Gasteiger partial charge is 0.162 e. The average Bonchev–Trinajstić information content (AvgIpc) is 2.67. The minimum atomic E-state index is 0.656. The summed E-state index contributed by atoms with van der Waals surface area (Å²) in [4.78, 5) is 5.40. The summed E-state index contributed by atoms with van der Waals surface area (Å²) < 4.78 is 10.4. The van der Waals surface area contributed by atoms with E-state index in [-0.39, 0.29) is 0 Å². The highest BCUT2D eigenvalue weighted by Gasteiger charge is 2.07. The van der Waals surface area contributed by atoms with Crippen molar-refractivity contribution in [2.75, 3.05) is 26.2 Å². The van der Waals surface area contributed by atoms with E-state index in [1.165, 1.54) is 4.90 Å². The third-order valence-electron chi connectivity index (χ3n) is 3.50. The number of ether oxygens (including phenoxy) is 2. The first-order valence-electron chi connectivity index (χ1n) is 7.43. The van der Waals surface area contributed by atoms with Crippen molar-refractivity contribution in [3.63, 3.8) is 0 Å². The Balaban J connectivity index is 0.000000196. The summed E-state index contributed by atoms with van der Waals surface area (Å²) in [5.74, 6) is 1.31. The lowest BCUT2D eigenvalue weighted by Crippen LogP contribution is -1.93. The molecule has 0 saturated heterocycles. The monoisotopic (exact) mass is 353 g/mol. The molecule has 3 rings (SSSR count). The number of nitrogens with zero attached hydrogens (tertiary/aromatic N) is 2. The second-order valence-electron chi connectivity index (χ2n) is 4.96. The predicted molar refractivity (Wildman–Crippen MR) is 102 cm³/mol. The average molecular weight is 353 g/mol. The van der Waals surface area contributed by atoms with Crippen molar-refractivity contribution in [1.82, 2.24) is 4.98 Å². The van der Waals surface area contributed by atoms with Gasteiger partial charge in [0.05, 0.1) is 31.4 Å². The van der Waals surface area contributed by atoms with Crippen LogP contribution in [0.1, 0.15) is 5.56 Å². The summed E-state index contributed by atoms with van der Waals surface area (Å²) in [7, 11) is 3.19. The largest absolute Gasteiger partial charge is 0.493 e. The van der Waals surface area contributed by atoms with Gasteiger partial charge in [0.1, 0.15) is 0 Å². The van der Waals surface area contributed by atoms with E-state index in [4.69, 9.17) is 20.5 Å². The molecule has 0 aliphatic rings. The Bertz CT molecular complexity index is 890. The first-order valence-corrected chi connectivity index (χ1v) is 8.65. The number of thioether (sulfide) groups is 1. The van der Waals surface area contributed by atoms with Gasteiger partial charge in [-0.25, -0.2) is 0 Å². The van der Waals surface area contributed by atoms with Gasteiger partial charge >= 0.3 is 0 Å². The standard InChI is InChI=1S/C11H12N2O2.C8H7NS/c1-14-10-5-7-8(12)3-4-13-9(7)6-11(10)15-2;1-10-8-4-2-7(6-9)3-5-8/h3-6H,1-2H3,(H2,12,13);2-5H,1H3. The number of aromatic nitrogens is 1. The van der Waals surface area contributed by atoms with Gasteiger partial charge in [-0.3, -0.25) is 4.98 Å². The molecule has 1 aromatic heterocycles. The normalized spacial score (nSPS) is 9.68. The van der Waals surface area contributed by atoms with Crippen LogP contribution in [0.25, 0.3) is 10.9 Å². The quantitative estimate of drug-likeness (QED) is 0.714. The Kier molecular flexibility index (Phi) is 6.49. The van der Waals surface area contributed by atoms with E-state index in [0.29, 0.717) is 17.2 Å². The van der Waals surface area contributed by atoms with Gasteiger partial charge in [-0.15, -0.1) is 11.8 Å². The van der Waals surface area contributed by atoms with Crippen molar-refractivity contribution in [2.24, 2.45) is 0 Å². The van der Waals surface area contributed by atoms with Crippen LogP contribution in [0.15, 0.2) is 53.6 Å². The molecule has 0 fully saturated rings. The lowest BCUT2D eigenvalue weighted by atomic mass is 10.1. The summed E-state index contributed by atoms with van der Waals surface area (Å²) >= 11 is 1.68. The zero-order valence-electron chi connectivity index (χ0n) is 14.3. The van der Waals surface area contributed by atoms with Crippen molar-refractivity contribution in [1.29, 1.82) is 5.26 Å². The lowest BCUT2D eigenvalue weighted by molar-refractivity contribution is 0.356. The second-order valence-corrected chi connectivity index (χ2v) is 5.84. The minimum Gasteiger partial charge on any atom is -0.493 e. The summed E-state index contributed by atoms with van der Waals surface area (Å²) in [6, 6.07) is 15.0. The van der Waals surface area contributed by atoms with Crippen LogP contribution in [0.5, 0.6) is 11.5 Å². The zero-order chi connectivity index (χ0) is 18.2. The molecule has 0 atom stereocenters. The van der Waals surface area contributed by atoms with E-state index < -0.39 is 0 Å². The summed E-state index contributed by atoms with van der Waals surface area (Å²) in [6.45, 7) is 0. The number of benzene rings is 2. The first kappa shape index (κ1) is 18.4. The Morgan fingerprint density at radius 1 is 1.04 bits per heavy atom. The fourth-order valence-corrected chi connectivity index (χ4v) is 2.57. The lowest BCUT2D eigenvalue weighted by Gasteiger charge is -2.09. The molecule has 2 N–H and O–H groups in total. The second kappa shape index (κ2) is 8.81. The highest BCUT2D eigenvalue weighted by atomic mass is 32.2. The molecule has 0 spiro atoms. The summed E-state index contributed by atoms with van der Waals surface area (Å²) in [6.07, 6.45) is 3.69. The maximum atomic E-state index is 8.44. The number of pyridine rings is 1. The number of hydrogen-bond donors (Lipinski definition) is 1. The predicted octanol–water partition coefficient (Wildman–Crippen LogP) is 4.11. The van der Waals surface area contributed by atoms with Crippen LogP contribution in [0.4, 0.5) is 5.69 Å². The Morgan fingerprint density at radius 2 is 1.68 bits per heavy atom. The molecule has 5 nitrogen and oxygen atoms in total. The molecule has 0 amide bonds. The summed E-state index contributed by atoms with van der Waals surface area (Å²) in [5.41, 5.74) is 8.04. The van der Waals surface area contributed by atoms with Crippen molar-refractivity contribution in [2.45, 2.75) is 4.90 Å². The number of fused-ring (bicyclic) bond motifs is 1. The number of rotatable bonds is 3. The third-order valence-corrected chi connectivity index (χ3v) is 4.24. The van der Waals surface area contributed by atoms with Gasteiger partial charge in [0, 0.05) is 28.2 Å². The SMILES string of the molecule is COc1cc2nccc(N)c2cc1OC.CSc1ccc(C#N)cc1. The molecule has 6 heteroatoms. The Hall–Kier alpha value is -2.91. The number of methoxy groups -OCH3 is 2. The molecule has 0 unspecified atom stereocenters. The van der Waals surface area contributed by atoms with Crippen LogP contribution in [0.2, 0.25) is 0 Å². The van der Waals surface area contributed by atoms with Crippen molar-refractivity contribution >= 4 is 28.4 Å². The molecule has 2 aromatic carbocycles. The van der Waals surface area contributed by atoms with Gasteiger partial charge in [0.15, 0.2) is 11.5 Å². The number of nitriles is 1. The number of nitrogens with two attached hydrogens (primary N) is 1. The van der Waals surface area contributed by atoms with Crippen LogP contribution in [-0.4, -0.2) is 25.5 Å². The Labute approximate surface area is 151 Å². The van der Waals surface area contributed by atoms with E-state index in [9.17, 15) is 0 Å². The molecule has 0 saturated carbocycles. The van der Waals surface area contributed by atoms with E-state index >= 15 is 0 Å². The maximum absolute atomic E-state index is 8.44. The third kappa shape index (κ3) is 4.55. The number of hydrogen-bond acceptors (Lipinski definition) is 6. The van der Waals surface area contributed by atoms with E-state index in [2.05, 4.69) is 11.1 Å². The van der Waals surface area contributed by atoms with Crippen LogP contribution < -0.4 is 15.2 Å². The Morgan fingerprint density at radius 3 is 2.24 bits per heavy atom. The van der Waals surface area contributed by atoms with E-state index in [0.717, 1.165) is 16.5 Å². The van der Waals surface area contributed by atoms with Gasteiger partial charge in [-0.1, -0.05) is 0 Å². The van der Waals surface area contributed by atoms with Crippen molar-refractivity contribution < 1.29 is 9.47 Å².